The topological polar surface area (TPSA) is 49.4 Å². The number of benzene rings is 1. The van der Waals surface area contributed by atoms with Gasteiger partial charge in [0.25, 0.3) is 0 Å². The number of hydrogen-bond donors (Lipinski definition) is 1. The van der Waals surface area contributed by atoms with Gasteiger partial charge in [-0.15, -0.1) is 0 Å². The van der Waals surface area contributed by atoms with Gasteiger partial charge in [0.05, 0.1) is 10.1 Å². The number of hydrogen-bond acceptors (Lipinski definition) is 4. The van der Waals surface area contributed by atoms with Crippen LogP contribution in [0.1, 0.15) is 18.4 Å². The van der Waals surface area contributed by atoms with Crippen LogP contribution in [0.5, 0.6) is 0 Å². The fourth-order valence-electron chi connectivity index (χ4n) is 2.71. The van der Waals surface area contributed by atoms with Crippen molar-refractivity contribution in [2.75, 3.05) is 32.7 Å². The summed E-state index contributed by atoms with van der Waals surface area (Å²) in [6, 6.07) is 5.70. The molecule has 0 bridgehead atoms. The van der Waals surface area contributed by atoms with Crippen molar-refractivity contribution in [2.24, 2.45) is 0 Å². The highest BCUT2D eigenvalue weighted by molar-refractivity contribution is 9.10. The van der Waals surface area contributed by atoms with Crippen molar-refractivity contribution in [3.8, 4) is 0 Å². The van der Waals surface area contributed by atoms with Gasteiger partial charge < -0.3 is 10.2 Å². The predicted octanol–water partition coefficient (Wildman–Crippen LogP) is 1.83. The average molecular weight is 373 g/mol. The Morgan fingerprint density at radius 2 is 1.95 bits per heavy atom. The van der Waals surface area contributed by atoms with Crippen molar-refractivity contribution in [3.63, 3.8) is 0 Å². The molecule has 3 rings (SSSR count). The maximum absolute atomic E-state index is 12.3. The maximum Gasteiger partial charge on any atom is 0.182 e. The lowest BCUT2D eigenvalue weighted by atomic mass is 10.1. The summed E-state index contributed by atoms with van der Waals surface area (Å²) in [4.78, 5) is 2.90. The first-order chi connectivity index (χ1) is 10.1. The normalized spacial score (nSPS) is 20.6. The van der Waals surface area contributed by atoms with E-state index in [1.165, 1.54) is 5.56 Å². The van der Waals surface area contributed by atoms with Gasteiger partial charge in [-0.2, -0.15) is 0 Å². The molecule has 1 saturated carbocycles. The molecule has 1 heterocycles. The molecule has 1 N–H and O–H groups in total. The first-order valence-corrected chi connectivity index (χ1v) is 9.87. The second-order valence-corrected chi connectivity index (χ2v) is 8.90. The molecule has 0 radical (unpaired) electrons. The van der Waals surface area contributed by atoms with Crippen LogP contribution in [0.3, 0.4) is 0 Å². The van der Waals surface area contributed by atoms with Crippen molar-refractivity contribution in [1.29, 1.82) is 0 Å². The average Bonchev–Trinajstić information content (AvgIpc) is 3.31. The molecule has 0 aromatic heterocycles. The Labute approximate surface area is 135 Å². The van der Waals surface area contributed by atoms with E-state index in [0.717, 1.165) is 52.0 Å². The van der Waals surface area contributed by atoms with Gasteiger partial charge in [-0.3, -0.25) is 0 Å². The van der Waals surface area contributed by atoms with E-state index in [4.69, 9.17) is 0 Å². The van der Waals surface area contributed by atoms with E-state index < -0.39 is 9.84 Å². The summed E-state index contributed by atoms with van der Waals surface area (Å²) in [7, 11) is -3.11. The molecule has 2 aliphatic rings. The van der Waals surface area contributed by atoms with Crippen LogP contribution in [0.25, 0.3) is 0 Å². The molecule has 116 valence electrons. The molecule has 0 unspecified atom stereocenters. The molecule has 0 amide bonds. The third kappa shape index (κ3) is 3.67. The van der Waals surface area contributed by atoms with Crippen LogP contribution >= 0.6 is 15.9 Å². The molecule has 4 nitrogen and oxygen atoms in total. The first-order valence-electron chi connectivity index (χ1n) is 7.53. The number of rotatable bonds is 5. The molecule has 0 atom stereocenters. The monoisotopic (exact) mass is 372 g/mol. The lowest BCUT2D eigenvalue weighted by Gasteiger charge is -2.27. The molecular weight excluding hydrogens is 352 g/mol. The number of piperazine rings is 1. The zero-order valence-corrected chi connectivity index (χ0v) is 14.4. The van der Waals surface area contributed by atoms with Crippen LogP contribution in [0, 0.1) is 0 Å². The second kappa shape index (κ2) is 6.36. The highest BCUT2D eigenvalue weighted by Gasteiger charge is 2.37. The van der Waals surface area contributed by atoms with Crippen LogP contribution in [-0.4, -0.2) is 51.3 Å². The lowest BCUT2D eigenvalue weighted by molar-refractivity contribution is 0.244. The van der Waals surface area contributed by atoms with Crippen molar-refractivity contribution in [3.05, 3.63) is 28.2 Å². The Morgan fingerprint density at radius 3 is 2.57 bits per heavy atom. The zero-order chi connectivity index (χ0) is 14.9. The number of nitrogens with one attached hydrogen (secondary N) is 1. The van der Waals surface area contributed by atoms with E-state index in [1.54, 1.807) is 6.07 Å². The molecule has 0 spiro atoms. The Morgan fingerprint density at radius 1 is 1.24 bits per heavy atom. The Hall–Kier alpha value is -0.430. The molecule has 1 aromatic rings. The standard InChI is InChI=1S/C15H21BrN2O2S/c16-14-11-12(5-8-18-9-6-17-7-10-18)1-4-15(14)21(19,20)13-2-3-13/h1,4,11,13,17H,2-3,5-10H2. The fraction of sp³-hybridized carbons (Fsp3) is 0.600. The van der Waals surface area contributed by atoms with Gasteiger partial charge in [-0.05, 0) is 52.9 Å². The number of sulfone groups is 1. The third-order valence-corrected chi connectivity index (χ3v) is 7.43. The van der Waals surface area contributed by atoms with Crippen LogP contribution in [-0.2, 0) is 16.3 Å². The summed E-state index contributed by atoms with van der Waals surface area (Å²) in [5.41, 5.74) is 1.19. The highest BCUT2D eigenvalue weighted by atomic mass is 79.9. The van der Waals surface area contributed by atoms with Gasteiger partial charge >= 0.3 is 0 Å². The van der Waals surface area contributed by atoms with Gasteiger partial charge in [-0.1, -0.05) is 6.07 Å². The van der Waals surface area contributed by atoms with Gasteiger partial charge in [0.15, 0.2) is 9.84 Å². The molecule has 21 heavy (non-hydrogen) atoms. The van der Waals surface area contributed by atoms with Gasteiger partial charge in [0.2, 0.25) is 0 Å². The van der Waals surface area contributed by atoms with Gasteiger partial charge in [0, 0.05) is 37.2 Å². The van der Waals surface area contributed by atoms with Crippen molar-refractivity contribution in [1.82, 2.24) is 10.2 Å². The lowest BCUT2D eigenvalue weighted by Crippen LogP contribution is -2.44. The second-order valence-electron chi connectivity index (χ2n) is 5.85. The predicted molar refractivity (Wildman–Crippen MR) is 87.4 cm³/mol. The first kappa shape index (κ1) is 15.5. The largest absolute Gasteiger partial charge is 0.314 e. The number of halogens is 1. The Balaban J connectivity index is 1.66. The van der Waals surface area contributed by atoms with Crippen LogP contribution < -0.4 is 5.32 Å². The quantitative estimate of drug-likeness (QED) is 0.856. The fourth-order valence-corrected chi connectivity index (χ4v) is 5.52. The van der Waals surface area contributed by atoms with E-state index in [-0.39, 0.29) is 5.25 Å². The molecular formula is C15H21BrN2O2S. The molecule has 1 aliphatic heterocycles. The van der Waals surface area contributed by atoms with Crippen molar-refractivity contribution < 1.29 is 8.42 Å². The third-order valence-electron chi connectivity index (χ3n) is 4.19. The minimum atomic E-state index is -3.11. The van der Waals surface area contributed by atoms with Crippen molar-refractivity contribution in [2.45, 2.75) is 29.4 Å². The summed E-state index contributed by atoms with van der Waals surface area (Å²) in [5, 5.41) is 3.19. The molecule has 1 aliphatic carbocycles. The minimum Gasteiger partial charge on any atom is -0.314 e. The van der Waals surface area contributed by atoms with Crippen molar-refractivity contribution >= 4 is 25.8 Å². The molecule has 2 fully saturated rings. The number of nitrogens with zero attached hydrogens (tertiary/aromatic N) is 1. The van der Waals surface area contributed by atoms with E-state index >= 15 is 0 Å². The van der Waals surface area contributed by atoms with E-state index in [0.29, 0.717) is 9.37 Å². The summed E-state index contributed by atoms with van der Waals surface area (Å²) < 4.78 is 25.3. The van der Waals surface area contributed by atoms with Gasteiger partial charge in [0.1, 0.15) is 0 Å². The van der Waals surface area contributed by atoms with Crippen LogP contribution in [0.2, 0.25) is 0 Å². The van der Waals surface area contributed by atoms with E-state index in [1.807, 2.05) is 12.1 Å². The molecule has 1 aromatic carbocycles. The molecule has 1 saturated heterocycles. The van der Waals surface area contributed by atoms with Crippen LogP contribution in [0.4, 0.5) is 0 Å². The minimum absolute atomic E-state index is 0.152. The summed E-state index contributed by atoms with van der Waals surface area (Å²) in [6.07, 6.45) is 2.57. The Kier molecular flexibility index (Phi) is 4.69. The van der Waals surface area contributed by atoms with Gasteiger partial charge in [-0.25, -0.2) is 8.42 Å². The smallest absolute Gasteiger partial charge is 0.182 e. The zero-order valence-electron chi connectivity index (χ0n) is 12.0. The summed E-state index contributed by atoms with van der Waals surface area (Å²) in [5.74, 6) is 0. The van der Waals surface area contributed by atoms with E-state index in [2.05, 4.69) is 26.1 Å². The van der Waals surface area contributed by atoms with E-state index in [9.17, 15) is 8.42 Å². The highest BCUT2D eigenvalue weighted by Crippen LogP contribution is 2.36. The Bertz CT molecular complexity index is 608. The SMILES string of the molecule is O=S(=O)(c1ccc(CCN2CCNCC2)cc1Br)C1CC1. The summed E-state index contributed by atoms with van der Waals surface area (Å²) in [6.45, 7) is 5.33. The molecule has 6 heteroatoms. The maximum atomic E-state index is 12.3. The summed E-state index contributed by atoms with van der Waals surface area (Å²) >= 11 is 3.44. The van der Waals surface area contributed by atoms with Crippen LogP contribution in [0.15, 0.2) is 27.6 Å².